The van der Waals surface area contributed by atoms with Gasteiger partial charge >= 0.3 is 0 Å². The minimum Gasteiger partial charge on any atom is -0.303 e. The molecule has 0 radical (unpaired) electrons. The van der Waals surface area contributed by atoms with Gasteiger partial charge in [0.1, 0.15) is 0 Å². The van der Waals surface area contributed by atoms with Crippen LogP contribution >= 0.6 is 0 Å². The molecule has 3 fully saturated rings. The van der Waals surface area contributed by atoms with Gasteiger partial charge in [-0.25, -0.2) is 0 Å². The van der Waals surface area contributed by atoms with Crippen molar-refractivity contribution in [2.75, 3.05) is 13.6 Å². The fourth-order valence-electron chi connectivity index (χ4n) is 3.53. The summed E-state index contributed by atoms with van der Waals surface area (Å²) in [5.74, 6) is 0. The van der Waals surface area contributed by atoms with Crippen molar-refractivity contribution in [1.29, 1.82) is 0 Å². The number of fused-ring (bicyclic) bond motifs is 3. The molecule has 1 heteroatoms. The van der Waals surface area contributed by atoms with Crippen LogP contribution in [0.1, 0.15) is 31.2 Å². The first-order valence-corrected chi connectivity index (χ1v) is 6.06. The maximum Gasteiger partial charge on any atom is 0.00932 e. The van der Waals surface area contributed by atoms with E-state index in [1.54, 1.807) is 5.56 Å². The number of hydrogen-bond donors (Lipinski definition) is 0. The van der Waals surface area contributed by atoms with Gasteiger partial charge in [-0.15, -0.1) is 0 Å². The molecule has 1 aliphatic carbocycles. The third-order valence-electron chi connectivity index (χ3n) is 4.47. The molecular weight excluding hydrogens is 182 g/mol. The van der Waals surface area contributed by atoms with Crippen molar-refractivity contribution < 1.29 is 0 Å². The summed E-state index contributed by atoms with van der Waals surface area (Å²) >= 11 is 0. The van der Waals surface area contributed by atoms with Crippen molar-refractivity contribution in [3.8, 4) is 0 Å². The highest BCUT2D eigenvalue weighted by Crippen LogP contribution is 2.45. The average Bonchev–Trinajstić information content (AvgIpc) is 2.31. The second-order valence-electron chi connectivity index (χ2n) is 5.29. The van der Waals surface area contributed by atoms with Gasteiger partial charge in [-0.05, 0) is 38.3 Å². The number of piperidine rings is 2. The van der Waals surface area contributed by atoms with Crippen molar-refractivity contribution in [2.24, 2.45) is 0 Å². The van der Waals surface area contributed by atoms with Crippen molar-refractivity contribution in [1.82, 2.24) is 4.90 Å². The number of rotatable bonds is 1. The number of nitrogens with zero attached hydrogens (tertiary/aromatic N) is 1. The Morgan fingerprint density at radius 3 is 2.40 bits per heavy atom. The van der Waals surface area contributed by atoms with Crippen LogP contribution in [-0.4, -0.2) is 24.5 Å². The second-order valence-corrected chi connectivity index (χ2v) is 5.29. The van der Waals surface area contributed by atoms with Gasteiger partial charge in [0.2, 0.25) is 0 Å². The van der Waals surface area contributed by atoms with Gasteiger partial charge in [0.05, 0.1) is 0 Å². The summed E-state index contributed by atoms with van der Waals surface area (Å²) in [6.07, 6.45) is 5.58. The van der Waals surface area contributed by atoms with Crippen molar-refractivity contribution in [3.05, 3.63) is 35.9 Å². The number of benzene rings is 1. The Hall–Kier alpha value is -0.820. The first kappa shape index (κ1) is 9.41. The molecule has 0 unspecified atom stereocenters. The molecule has 1 saturated carbocycles. The van der Waals surface area contributed by atoms with Crippen molar-refractivity contribution in [2.45, 2.75) is 37.1 Å². The van der Waals surface area contributed by atoms with Crippen LogP contribution in [0.15, 0.2) is 30.3 Å². The van der Waals surface area contributed by atoms with E-state index < -0.39 is 0 Å². The van der Waals surface area contributed by atoms with Crippen molar-refractivity contribution in [3.63, 3.8) is 0 Å². The van der Waals surface area contributed by atoms with E-state index in [2.05, 4.69) is 42.3 Å². The van der Waals surface area contributed by atoms with E-state index in [-0.39, 0.29) is 0 Å². The highest BCUT2D eigenvalue weighted by Gasteiger charge is 2.43. The lowest BCUT2D eigenvalue weighted by Gasteiger charge is -2.52. The number of hydrogen-bond acceptors (Lipinski definition) is 1. The molecule has 0 atom stereocenters. The van der Waals surface area contributed by atoms with Crippen LogP contribution in [0.3, 0.4) is 0 Å². The zero-order valence-corrected chi connectivity index (χ0v) is 9.45. The molecule has 1 aromatic carbocycles. The predicted octanol–water partition coefficient (Wildman–Crippen LogP) is 2.81. The quantitative estimate of drug-likeness (QED) is 0.675. The third kappa shape index (κ3) is 1.41. The fourth-order valence-corrected chi connectivity index (χ4v) is 3.53. The molecule has 0 N–H and O–H groups in total. The summed E-state index contributed by atoms with van der Waals surface area (Å²) in [7, 11) is 2.29. The van der Waals surface area contributed by atoms with Crippen molar-refractivity contribution >= 4 is 0 Å². The Labute approximate surface area is 92.1 Å². The van der Waals surface area contributed by atoms with E-state index in [0.29, 0.717) is 5.41 Å². The third-order valence-corrected chi connectivity index (χ3v) is 4.47. The molecule has 0 spiro atoms. The van der Waals surface area contributed by atoms with Gasteiger partial charge in [0.15, 0.2) is 0 Å². The molecule has 2 saturated heterocycles. The van der Waals surface area contributed by atoms with E-state index in [4.69, 9.17) is 0 Å². The average molecular weight is 201 g/mol. The van der Waals surface area contributed by atoms with E-state index in [1.165, 1.54) is 32.2 Å². The first-order chi connectivity index (χ1) is 7.30. The normalized spacial score (nSPS) is 35.7. The zero-order valence-electron chi connectivity index (χ0n) is 9.45. The molecule has 1 nitrogen and oxygen atoms in total. The van der Waals surface area contributed by atoms with Gasteiger partial charge in [0.25, 0.3) is 0 Å². The van der Waals surface area contributed by atoms with Gasteiger partial charge in [0, 0.05) is 18.0 Å². The minimum absolute atomic E-state index is 0.477. The summed E-state index contributed by atoms with van der Waals surface area (Å²) in [4.78, 5) is 2.57. The van der Waals surface area contributed by atoms with E-state index >= 15 is 0 Å². The summed E-state index contributed by atoms with van der Waals surface area (Å²) < 4.78 is 0. The topological polar surface area (TPSA) is 3.24 Å². The van der Waals surface area contributed by atoms with Gasteiger partial charge in [-0.2, -0.15) is 0 Å². The lowest BCUT2D eigenvalue weighted by Crippen LogP contribution is -2.54. The SMILES string of the molecule is CN1CC2(c3ccccc3)CCC1CC2. The Bertz CT molecular complexity index is 336. The highest BCUT2D eigenvalue weighted by molar-refractivity contribution is 5.28. The predicted molar refractivity (Wildman–Crippen MR) is 63.0 cm³/mol. The molecule has 3 aliphatic rings. The molecule has 0 aromatic heterocycles. The van der Waals surface area contributed by atoms with Crippen LogP contribution in [0.4, 0.5) is 0 Å². The summed E-state index contributed by atoms with van der Waals surface area (Å²) in [6.45, 7) is 1.27. The minimum atomic E-state index is 0.477. The monoisotopic (exact) mass is 201 g/mol. The standard InChI is InChI=1S/C14H19N/c1-15-11-14(9-7-13(15)8-10-14)12-5-3-2-4-6-12/h2-6,13H,7-11H2,1H3. The zero-order chi connectivity index (χ0) is 10.3. The molecular formula is C14H19N. The van der Waals surface area contributed by atoms with Crippen LogP contribution in [0.25, 0.3) is 0 Å². The fraction of sp³-hybridized carbons (Fsp3) is 0.571. The number of likely N-dealkylation sites (N-methyl/N-ethyl adjacent to an activating group) is 1. The van der Waals surface area contributed by atoms with E-state index in [1.807, 2.05) is 0 Å². The Morgan fingerprint density at radius 1 is 1.13 bits per heavy atom. The molecule has 2 aliphatic heterocycles. The Morgan fingerprint density at radius 2 is 1.80 bits per heavy atom. The second kappa shape index (κ2) is 3.34. The van der Waals surface area contributed by atoms with Gasteiger partial charge in [-0.3, -0.25) is 0 Å². The first-order valence-electron chi connectivity index (χ1n) is 6.06. The highest BCUT2D eigenvalue weighted by atomic mass is 15.2. The van der Waals surface area contributed by atoms with Gasteiger partial charge < -0.3 is 4.90 Å². The van der Waals surface area contributed by atoms with Crippen LogP contribution in [0, 0.1) is 0 Å². The summed E-state index contributed by atoms with van der Waals surface area (Å²) in [5.41, 5.74) is 2.04. The van der Waals surface area contributed by atoms with Crippen LogP contribution in [0.2, 0.25) is 0 Å². The molecule has 2 heterocycles. The van der Waals surface area contributed by atoms with Crippen LogP contribution < -0.4 is 0 Å². The molecule has 15 heavy (non-hydrogen) atoms. The smallest absolute Gasteiger partial charge is 0.00932 e. The largest absolute Gasteiger partial charge is 0.303 e. The van der Waals surface area contributed by atoms with E-state index in [0.717, 1.165) is 6.04 Å². The maximum absolute atomic E-state index is 2.57. The maximum atomic E-state index is 2.57. The molecule has 4 rings (SSSR count). The lowest BCUT2D eigenvalue weighted by atomic mass is 9.64. The van der Waals surface area contributed by atoms with E-state index in [9.17, 15) is 0 Å². The Balaban J connectivity index is 1.96. The van der Waals surface area contributed by atoms with Crippen LogP contribution in [-0.2, 0) is 5.41 Å². The lowest BCUT2D eigenvalue weighted by molar-refractivity contribution is 0.0460. The summed E-state index contributed by atoms with van der Waals surface area (Å²) in [6, 6.07) is 12.0. The summed E-state index contributed by atoms with van der Waals surface area (Å²) in [5, 5.41) is 0. The van der Waals surface area contributed by atoms with Gasteiger partial charge in [-0.1, -0.05) is 30.3 Å². The molecule has 2 bridgehead atoms. The molecule has 1 aromatic rings. The molecule has 0 amide bonds. The van der Waals surface area contributed by atoms with Crippen LogP contribution in [0.5, 0.6) is 0 Å². The Kier molecular flexibility index (Phi) is 2.10. The molecule has 80 valence electrons.